The van der Waals surface area contributed by atoms with Crippen molar-refractivity contribution in [2.24, 2.45) is 0 Å². The van der Waals surface area contributed by atoms with Crippen molar-refractivity contribution in [3.63, 3.8) is 0 Å². The zero-order valence-corrected chi connectivity index (χ0v) is 25.5. The van der Waals surface area contributed by atoms with E-state index in [-0.39, 0.29) is 30.7 Å². The molecule has 1 amide bonds. The summed E-state index contributed by atoms with van der Waals surface area (Å²) in [6.07, 6.45) is 5.02. The van der Waals surface area contributed by atoms with Crippen LogP contribution in [0.5, 0.6) is 5.75 Å². The summed E-state index contributed by atoms with van der Waals surface area (Å²) in [6.45, 7) is 7.93. The number of ether oxygens (including phenoxy) is 2. The third-order valence-electron chi connectivity index (χ3n) is 8.69. The lowest BCUT2D eigenvalue weighted by molar-refractivity contribution is 0.0297. The number of likely N-dealkylation sites (tertiary alicyclic amines) is 1. The number of carbonyl (C=O) groups is 1. The van der Waals surface area contributed by atoms with Crippen LogP contribution in [-0.4, -0.2) is 76.2 Å². The first-order valence-electron chi connectivity index (χ1n) is 14.4. The maximum absolute atomic E-state index is 13.1. The van der Waals surface area contributed by atoms with Crippen LogP contribution >= 0.6 is 24.8 Å². The number of morpholine rings is 1. The van der Waals surface area contributed by atoms with Gasteiger partial charge < -0.3 is 19.3 Å². The van der Waals surface area contributed by atoms with Crippen LogP contribution in [0, 0.1) is 6.92 Å². The number of aryl methyl sites for hydroxylation is 1. The number of fused-ring (bicyclic) bond motifs is 4. The van der Waals surface area contributed by atoms with E-state index in [1.54, 1.807) is 6.33 Å². The molecule has 4 aromatic rings. The van der Waals surface area contributed by atoms with Crippen molar-refractivity contribution in [1.82, 2.24) is 24.3 Å². The van der Waals surface area contributed by atoms with Gasteiger partial charge >= 0.3 is 0 Å². The Balaban J connectivity index is 0.00000176. The highest BCUT2D eigenvalue weighted by atomic mass is 35.5. The van der Waals surface area contributed by atoms with E-state index in [0.717, 1.165) is 67.2 Å². The highest BCUT2D eigenvalue weighted by molar-refractivity contribution is 5.94. The fourth-order valence-electron chi connectivity index (χ4n) is 6.46. The molecule has 2 aromatic carbocycles. The molecular formula is C32H37Cl2N5O3. The van der Waals surface area contributed by atoms with E-state index in [1.165, 1.54) is 16.5 Å². The number of halogens is 2. The molecule has 2 saturated heterocycles. The minimum atomic E-state index is -0.0430. The molecule has 0 saturated carbocycles. The molecule has 0 aliphatic carbocycles. The number of rotatable bonds is 5. The second kappa shape index (κ2) is 13.0. The Hall–Kier alpha value is -3.17. The molecule has 2 aromatic heterocycles. The molecule has 222 valence electrons. The third kappa shape index (κ3) is 5.73. The van der Waals surface area contributed by atoms with Gasteiger partial charge in [-0.15, -0.1) is 24.8 Å². The number of benzene rings is 2. The summed E-state index contributed by atoms with van der Waals surface area (Å²) >= 11 is 0. The number of imidazole rings is 1. The molecular weight excluding hydrogens is 573 g/mol. The van der Waals surface area contributed by atoms with Crippen LogP contribution in [0.15, 0.2) is 54.9 Å². The number of hydrogen-bond donors (Lipinski definition) is 0. The first kappa shape index (κ1) is 30.3. The van der Waals surface area contributed by atoms with E-state index in [0.29, 0.717) is 44.5 Å². The van der Waals surface area contributed by atoms with Gasteiger partial charge in [0.1, 0.15) is 18.7 Å². The Morgan fingerprint density at radius 2 is 1.76 bits per heavy atom. The smallest absolute Gasteiger partial charge is 0.274 e. The molecule has 0 radical (unpaired) electrons. The minimum absolute atomic E-state index is 0. The van der Waals surface area contributed by atoms with E-state index in [2.05, 4.69) is 65.3 Å². The summed E-state index contributed by atoms with van der Waals surface area (Å²) in [5.74, 6) is 1.44. The number of hydrogen-bond acceptors (Lipinski definition) is 6. The number of nitrogens with zero attached hydrogens (tertiary/aromatic N) is 5. The predicted octanol–water partition coefficient (Wildman–Crippen LogP) is 5.36. The van der Waals surface area contributed by atoms with Crippen LogP contribution in [0.25, 0.3) is 16.6 Å². The molecule has 7 rings (SSSR count). The SMILES string of the molecule is Cc1ccc2c(C3CCN(CCc4cccc5c4OCc4c(C(=O)N6CCOCC6)ncn4-5)CC3)cccc2n1.Cl.Cl. The molecule has 0 unspecified atom stereocenters. The predicted molar refractivity (Wildman–Crippen MR) is 168 cm³/mol. The van der Waals surface area contributed by atoms with Crippen molar-refractivity contribution in [2.45, 2.75) is 38.7 Å². The van der Waals surface area contributed by atoms with E-state index in [9.17, 15) is 4.79 Å². The average molecular weight is 611 g/mol. The minimum Gasteiger partial charge on any atom is -0.485 e. The van der Waals surface area contributed by atoms with Crippen LogP contribution in [-0.2, 0) is 17.8 Å². The van der Waals surface area contributed by atoms with Crippen molar-refractivity contribution >= 4 is 41.6 Å². The number of aromatic nitrogens is 3. The van der Waals surface area contributed by atoms with Gasteiger partial charge in [-0.05, 0) is 74.5 Å². The molecule has 2 fully saturated rings. The van der Waals surface area contributed by atoms with Crippen LogP contribution in [0.2, 0.25) is 0 Å². The Labute approximate surface area is 258 Å². The van der Waals surface area contributed by atoms with Crippen molar-refractivity contribution in [2.75, 3.05) is 45.9 Å². The van der Waals surface area contributed by atoms with Gasteiger partial charge in [0.2, 0.25) is 0 Å². The molecule has 3 aliphatic rings. The molecule has 0 N–H and O–H groups in total. The summed E-state index contributed by atoms with van der Waals surface area (Å²) in [5.41, 5.74) is 7.09. The monoisotopic (exact) mass is 609 g/mol. The van der Waals surface area contributed by atoms with Gasteiger partial charge in [-0.2, -0.15) is 0 Å². The Morgan fingerprint density at radius 3 is 2.57 bits per heavy atom. The maximum atomic E-state index is 13.1. The quantitative estimate of drug-likeness (QED) is 0.303. The van der Waals surface area contributed by atoms with E-state index < -0.39 is 0 Å². The van der Waals surface area contributed by atoms with Gasteiger partial charge in [0.15, 0.2) is 5.69 Å². The van der Waals surface area contributed by atoms with Crippen LogP contribution in [0.3, 0.4) is 0 Å². The van der Waals surface area contributed by atoms with Gasteiger partial charge in [-0.3, -0.25) is 14.3 Å². The molecule has 0 atom stereocenters. The normalized spacial score (nSPS) is 17.0. The third-order valence-corrected chi connectivity index (χ3v) is 8.69. The number of para-hydroxylation sites is 1. The highest BCUT2D eigenvalue weighted by Gasteiger charge is 2.29. The number of pyridine rings is 1. The Bertz CT molecular complexity index is 1560. The first-order chi connectivity index (χ1) is 19.7. The van der Waals surface area contributed by atoms with Gasteiger partial charge in [-0.25, -0.2) is 4.98 Å². The molecule has 0 bridgehead atoms. The van der Waals surface area contributed by atoms with Gasteiger partial charge in [0.25, 0.3) is 5.91 Å². The van der Waals surface area contributed by atoms with Crippen molar-refractivity contribution in [3.05, 3.63) is 83.1 Å². The first-order valence-corrected chi connectivity index (χ1v) is 14.4. The lowest BCUT2D eigenvalue weighted by Crippen LogP contribution is -2.41. The molecule has 5 heterocycles. The summed E-state index contributed by atoms with van der Waals surface area (Å²) in [7, 11) is 0. The second-order valence-electron chi connectivity index (χ2n) is 11.1. The summed E-state index contributed by atoms with van der Waals surface area (Å²) in [6, 6.07) is 17.2. The number of piperidine rings is 1. The fourth-order valence-corrected chi connectivity index (χ4v) is 6.46. The van der Waals surface area contributed by atoms with Crippen LogP contribution in [0.4, 0.5) is 0 Å². The highest BCUT2D eigenvalue weighted by Crippen LogP contribution is 2.36. The van der Waals surface area contributed by atoms with E-state index >= 15 is 0 Å². The average Bonchev–Trinajstić information content (AvgIpc) is 3.45. The topological polar surface area (TPSA) is 72.7 Å². The fraction of sp³-hybridized carbons (Fsp3) is 0.406. The summed E-state index contributed by atoms with van der Waals surface area (Å²) in [4.78, 5) is 26.8. The largest absolute Gasteiger partial charge is 0.485 e. The molecule has 8 nitrogen and oxygen atoms in total. The van der Waals surface area contributed by atoms with Crippen molar-refractivity contribution < 1.29 is 14.3 Å². The zero-order chi connectivity index (χ0) is 27.1. The van der Waals surface area contributed by atoms with Gasteiger partial charge in [-0.1, -0.05) is 30.3 Å². The summed E-state index contributed by atoms with van der Waals surface area (Å²) < 4.78 is 13.7. The van der Waals surface area contributed by atoms with Gasteiger partial charge in [0.05, 0.1) is 30.1 Å². The number of carbonyl (C=O) groups excluding carboxylic acids is 1. The standard InChI is InChI=1S/C32H35N5O3.2ClH/c1-22-8-9-26-25(5-3-6-27(26)34-22)23-10-13-35(14-11-23)15-12-24-4-2-7-28-31(24)40-20-29-30(33-21-37(28)29)32(38)36-16-18-39-19-17-36;;/h2-9,21,23H,10-20H2,1H3;2*1H. The van der Waals surface area contributed by atoms with Crippen LogP contribution < -0.4 is 4.74 Å². The number of amides is 1. The lowest BCUT2D eigenvalue weighted by Gasteiger charge is -2.33. The maximum Gasteiger partial charge on any atom is 0.274 e. The molecule has 3 aliphatic heterocycles. The van der Waals surface area contributed by atoms with Crippen molar-refractivity contribution in [1.29, 1.82) is 0 Å². The summed E-state index contributed by atoms with van der Waals surface area (Å²) in [5, 5.41) is 1.30. The van der Waals surface area contributed by atoms with E-state index in [1.807, 2.05) is 9.47 Å². The van der Waals surface area contributed by atoms with Gasteiger partial charge in [0, 0.05) is 30.7 Å². The Morgan fingerprint density at radius 1 is 0.976 bits per heavy atom. The van der Waals surface area contributed by atoms with Crippen molar-refractivity contribution in [3.8, 4) is 11.4 Å². The molecule has 0 spiro atoms. The molecule has 42 heavy (non-hydrogen) atoms. The zero-order valence-electron chi connectivity index (χ0n) is 23.8. The van der Waals surface area contributed by atoms with Crippen LogP contribution in [0.1, 0.15) is 51.8 Å². The second-order valence-corrected chi connectivity index (χ2v) is 11.1. The molecule has 10 heteroatoms. The lowest BCUT2D eigenvalue weighted by atomic mass is 9.87. The Kier molecular flexibility index (Phi) is 9.38. The van der Waals surface area contributed by atoms with E-state index in [4.69, 9.17) is 14.5 Å².